The summed E-state index contributed by atoms with van der Waals surface area (Å²) < 4.78 is 5.72. The van der Waals surface area contributed by atoms with Crippen LogP contribution < -0.4 is 10.2 Å². The molecule has 4 rings (SSSR count). The predicted octanol–water partition coefficient (Wildman–Crippen LogP) is 4.35. The van der Waals surface area contributed by atoms with Crippen LogP contribution in [-0.4, -0.2) is 29.0 Å². The maximum absolute atomic E-state index is 12.8. The molecule has 0 saturated carbocycles. The van der Waals surface area contributed by atoms with Crippen molar-refractivity contribution >= 4 is 40.1 Å². The van der Waals surface area contributed by atoms with E-state index in [-0.39, 0.29) is 11.8 Å². The average Bonchev–Trinajstić information content (AvgIpc) is 2.98. The molecule has 0 unspecified atom stereocenters. The summed E-state index contributed by atoms with van der Waals surface area (Å²) in [6.07, 6.45) is 3.28. The van der Waals surface area contributed by atoms with Gasteiger partial charge in [0.2, 0.25) is 11.6 Å². The fourth-order valence-corrected chi connectivity index (χ4v) is 3.77. The maximum atomic E-state index is 12.8. The third kappa shape index (κ3) is 3.37. The molecule has 2 aromatic heterocycles. The van der Waals surface area contributed by atoms with Gasteiger partial charge in [0.05, 0.1) is 22.0 Å². The molecule has 1 aromatic carbocycles. The summed E-state index contributed by atoms with van der Waals surface area (Å²) in [5, 5.41) is 4.43. The topological polar surface area (TPSA) is 71.3 Å². The number of furan rings is 1. The number of para-hydroxylation sites is 1. The van der Waals surface area contributed by atoms with E-state index < -0.39 is 0 Å². The molecule has 140 valence electrons. The van der Waals surface area contributed by atoms with E-state index in [0.717, 1.165) is 41.9 Å². The van der Waals surface area contributed by atoms with E-state index in [0.29, 0.717) is 23.0 Å². The van der Waals surface area contributed by atoms with E-state index >= 15 is 0 Å². The van der Waals surface area contributed by atoms with Gasteiger partial charge < -0.3 is 14.6 Å². The van der Waals surface area contributed by atoms with Gasteiger partial charge in [-0.1, -0.05) is 23.7 Å². The first-order chi connectivity index (χ1) is 13.0. The Kier molecular flexibility index (Phi) is 4.74. The molecule has 3 heterocycles. The van der Waals surface area contributed by atoms with E-state index in [4.69, 9.17) is 16.0 Å². The Labute approximate surface area is 162 Å². The van der Waals surface area contributed by atoms with Crippen LogP contribution in [0.2, 0.25) is 5.02 Å². The Morgan fingerprint density at radius 2 is 2.11 bits per heavy atom. The van der Waals surface area contributed by atoms with Crippen LogP contribution in [-0.2, 0) is 4.79 Å². The van der Waals surface area contributed by atoms with Crippen LogP contribution in [0.5, 0.6) is 0 Å². The Morgan fingerprint density at radius 3 is 2.93 bits per heavy atom. The van der Waals surface area contributed by atoms with Gasteiger partial charge >= 0.3 is 0 Å². The second kappa shape index (κ2) is 7.19. The smallest absolute Gasteiger partial charge is 0.231 e. The van der Waals surface area contributed by atoms with Gasteiger partial charge in [0.15, 0.2) is 0 Å². The van der Waals surface area contributed by atoms with Crippen molar-refractivity contribution in [1.82, 2.24) is 9.97 Å². The number of carbonyl (C=O) groups excluding carboxylic acids is 1. The monoisotopic (exact) mass is 384 g/mol. The van der Waals surface area contributed by atoms with Crippen molar-refractivity contribution < 1.29 is 9.21 Å². The molecule has 1 aliphatic heterocycles. The van der Waals surface area contributed by atoms with Gasteiger partial charge in [-0.2, -0.15) is 0 Å². The fourth-order valence-electron chi connectivity index (χ4n) is 3.58. The molecule has 6 nitrogen and oxygen atoms in total. The Morgan fingerprint density at radius 1 is 1.30 bits per heavy atom. The van der Waals surface area contributed by atoms with Crippen molar-refractivity contribution in [1.29, 1.82) is 0 Å². The highest BCUT2D eigenvalue weighted by Gasteiger charge is 2.29. The van der Waals surface area contributed by atoms with E-state index in [1.165, 1.54) is 6.33 Å². The minimum absolute atomic E-state index is 0.0156. The van der Waals surface area contributed by atoms with Crippen molar-refractivity contribution in [3.05, 3.63) is 46.9 Å². The number of benzene rings is 1. The van der Waals surface area contributed by atoms with Gasteiger partial charge in [0, 0.05) is 18.7 Å². The standard InChI is InChI=1S/C20H21ClN4O2/c1-12-13(2)27-20-17(12)18(22-11-23-20)25-9-5-6-14(10-25)19(26)24-16-8-4-3-7-15(16)21/h3-4,7-8,11,14H,5-6,9-10H2,1-2H3,(H,24,26)/t14-/m0/s1. The van der Waals surface area contributed by atoms with Crippen LogP contribution in [0, 0.1) is 19.8 Å². The molecule has 7 heteroatoms. The second-order valence-corrected chi connectivity index (χ2v) is 7.32. The summed E-state index contributed by atoms with van der Waals surface area (Å²) in [6.45, 7) is 5.40. The average molecular weight is 385 g/mol. The number of aromatic nitrogens is 2. The van der Waals surface area contributed by atoms with Gasteiger partial charge in [0.1, 0.15) is 17.9 Å². The van der Waals surface area contributed by atoms with Crippen molar-refractivity contribution in [2.45, 2.75) is 26.7 Å². The summed E-state index contributed by atoms with van der Waals surface area (Å²) >= 11 is 6.16. The van der Waals surface area contributed by atoms with Crippen molar-refractivity contribution in [3.63, 3.8) is 0 Å². The zero-order valence-electron chi connectivity index (χ0n) is 15.3. The lowest BCUT2D eigenvalue weighted by atomic mass is 9.96. The number of piperidine rings is 1. The van der Waals surface area contributed by atoms with E-state index in [1.807, 2.05) is 32.0 Å². The minimum Gasteiger partial charge on any atom is -0.443 e. The number of hydrogen-bond acceptors (Lipinski definition) is 5. The van der Waals surface area contributed by atoms with Crippen LogP contribution in [0.1, 0.15) is 24.2 Å². The Hall–Kier alpha value is -2.60. The molecule has 0 radical (unpaired) electrons. The molecule has 1 aliphatic rings. The molecule has 27 heavy (non-hydrogen) atoms. The number of rotatable bonds is 3. The third-order valence-electron chi connectivity index (χ3n) is 5.17. The largest absolute Gasteiger partial charge is 0.443 e. The highest BCUT2D eigenvalue weighted by atomic mass is 35.5. The maximum Gasteiger partial charge on any atom is 0.231 e. The van der Waals surface area contributed by atoms with Crippen LogP contribution in [0.25, 0.3) is 11.1 Å². The number of fused-ring (bicyclic) bond motifs is 1. The van der Waals surface area contributed by atoms with Gasteiger partial charge in [-0.25, -0.2) is 9.97 Å². The quantitative estimate of drug-likeness (QED) is 0.726. The summed E-state index contributed by atoms with van der Waals surface area (Å²) in [6, 6.07) is 7.28. The zero-order chi connectivity index (χ0) is 19.0. The molecule has 1 fully saturated rings. The van der Waals surface area contributed by atoms with Crippen LogP contribution >= 0.6 is 11.6 Å². The normalized spacial score (nSPS) is 17.3. The first-order valence-electron chi connectivity index (χ1n) is 9.05. The van der Waals surface area contributed by atoms with E-state index in [1.54, 1.807) is 6.07 Å². The predicted molar refractivity (Wildman–Crippen MR) is 106 cm³/mol. The molecule has 0 bridgehead atoms. The number of nitrogens with zero attached hydrogens (tertiary/aromatic N) is 3. The summed E-state index contributed by atoms with van der Waals surface area (Å²) in [7, 11) is 0. The van der Waals surface area contributed by atoms with Crippen LogP contribution in [0.15, 0.2) is 35.0 Å². The van der Waals surface area contributed by atoms with Crippen molar-refractivity contribution in [2.24, 2.45) is 5.92 Å². The lowest BCUT2D eigenvalue weighted by molar-refractivity contribution is -0.120. The number of hydrogen-bond donors (Lipinski definition) is 1. The minimum atomic E-state index is -0.131. The first kappa shape index (κ1) is 17.8. The lowest BCUT2D eigenvalue weighted by Crippen LogP contribution is -2.41. The SMILES string of the molecule is Cc1oc2ncnc(N3CCC[C@H](C(=O)Nc4ccccc4Cl)C3)c2c1C. The summed E-state index contributed by atoms with van der Waals surface area (Å²) in [5.74, 6) is 1.54. The van der Waals surface area contributed by atoms with Gasteiger partial charge in [-0.05, 0) is 38.8 Å². The summed E-state index contributed by atoms with van der Waals surface area (Å²) in [5.41, 5.74) is 2.29. The molecule has 1 amide bonds. The number of halogens is 1. The van der Waals surface area contributed by atoms with Crippen LogP contribution in [0.3, 0.4) is 0 Å². The molecule has 1 atom stereocenters. The Balaban J connectivity index is 1.57. The fraction of sp³-hybridized carbons (Fsp3) is 0.350. The third-order valence-corrected chi connectivity index (χ3v) is 5.50. The molecule has 0 aliphatic carbocycles. The number of nitrogens with one attached hydrogen (secondary N) is 1. The van der Waals surface area contributed by atoms with E-state index in [9.17, 15) is 4.79 Å². The van der Waals surface area contributed by atoms with Gasteiger partial charge in [-0.3, -0.25) is 4.79 Å². The second-order valence-electron chi connectivity index (χ2n) is 6.91. The number of anilines is 2. The highest BCUT2D eigenvalue weighted by molar-refractivity contribution is 6.33. The zero-order valence-corrected chi connectivity index (χ0v) is 16.1. The lowest BCUT2D eigenvalue weighted by Gasteiger charge is -2.33. The molecular weight excluding hydrogens is 364 g/mol. The first-order valence-corrected chi connectivity index (χ1v) is 9.43. The van der Waals surface area contributed by atoms with Crippen LogP contribution in [0.4, 0.5) is 11.5 Å². The highest BCUT2D eigenvalue weighted by Crippen LogP contribution is 2.33. The number of carbonyl (C=O) groups is 1. The molecule has 3 aromatic rings. The molecule has 1 saturated heterocycles. The molecular formula is C20H21ClN4O2. The van der Waals surface area contributed by atoms with Gasteiger partial charge in [0.25, 0.3) is 0 Å². The number of amides is 1. The summed E-state index contributed by atoms with van der Waals surface area (Å²) in [4.78, 5) is 23.7. The van der Waals surface area contributed by atoms with E-state index in [2.05, 4.69) is 20.2 Å². The Bertz CT molecular complexity index is 1000. The van der Waals surface area contributed by atoms with Crippen molar-refractivity contribution in [2.75, 3.05) is 23.3 Å². The molecule has 0 spiro atoms. The van der Waals surface area contributed by atoms with Crippen molar-refractivity contribution in [3.8, 4) is 0 Å². The number of aryl methyl sites for hydroxylation is 2. The molecule has 1 N–H and O–H groups in total. The van der Waals surface area contributed by atoms with Gasteiger partial charge in [-0.15, -0.1) is 0 Å².